The summed E-state index contributed by atoms with van der Waals surface area (Å²) < 4.78 is 69.6. The van der Waals surface area contributed by atoms with Crippen molar-refractivity contribution >= 4 is 9.84 Å². The normalized spacial score (nSPS) is 13.1. The van der Waals surface area contributed by atoms with Crippen LogP contribution in [0.5, 0.6) is 5.75 Å². The Kier molecular flexibility index (Phi) is 5.93. The average molecular weight is 421 g/mol. The van der Waals surface area contributed by atoms with Crippen molar-refractivity contribution in [2.45, 2.75) is 17.1 Å². The maximum absolute atomic E-state index is 12.9. The second-order valence-electron chi connectivity index (χ2n) is 6.39. The number of alkyl halides is 3. The van der Waals surface area contributed by atoms with Gasteiger partial charge >= 0.3 is 6.18 Å². The first kappa shape index (κ1) is 20.9. The zero-order valence-electron chi connectivity index (χ0n) is 15.4. The minimum atomic E-state index is -4.46. The lowest BCUT2D eigenvalue weighted by molar-refractivity contribution is -0.137. The van der Waals surface area contributed by atoms with Crippen LogP contribution in [0.3, 0.4) is 0 Å². The predicted molar refractivity (Wildman–Crippen MR) is 103 cm³/mol. The number of ether oxygens (including phenoxy) is 1. The summed E-state index contributed by atoms with van der Waals surface area (Å²) in [6.07, 6.45) is -3.08. The van der Waals surface area contributed by atoms with Gasteiger partial charge in [-0.2, -0.15) is 13.2 Å². The van der Waals surface area contributed by atoms with Gasteiger partial charge in [-0.25, -0.2) is 13.4 Å². The maximum Gasteiger partial charge on any atom is 0.416 e. The van der Waals surface area contributed by atoms with E-state index in [-0.39, 0.29) is 10.8 Å². The highest BCUT2D eigenvalue weighted by atomic mass is 32.2. The first-order chi connectivity index (χ1) is 13.7. The minimum absolute atomic E-state index is 0.0783. The first-order valence-electron chi connectivity index (χ1n) is 8.65. The number of hydrogen-bond acceptors (Lipinski definition) is 4. The van der Waals surface area contributed by atoms with Crippen molar-refractivity contribution in [3.63, 3.8) is 0 Å². The third-order valence-electron chi connectivity index (χ3n) is 4.50. The fraction of sp³-hybridized carbons (Fsp3) is 0.190. The highest BCUT2D eigenvalue weighted by Crippen LogP contribution is 2.33. The largest absolute Gasteiger partial charge is 0.497 e. The molecule has 1 heterocycles. The SMILES string of the molecule is COc1ccc(C(CS(=O)(=O)c2ccccn2)c2ccc(C(F)(F)F)cc2)cc1. The van der Waals surface area contributed by atoms with E-state index < -0.39 is 27.5 Å². The summed E-state index contributed by atoms with van der Waals surface area (Å²) in [6, 6.07) is 15.9. The van der Waals surface area contributed by atoms with Crippen molar-refractivity contribution < 1.29 is 26.3 Å². The fourth-order valence-electron chi connectivity index (χ4n) is 2.96. The van der Waals surface area contributed by atoms with Crippen molar-refractivity contribution in [1.82, 2.24) is 4.98 Å². The van der Waals surface area contributed by atoms with E-state index in [1.807, 2.05) is 0 Å². The molecule has 0 amide bonds. The molecule has 0 aliphatic heterocycles. The van der Waals surface area contributed by atoms with E-state index in [2.05, 4.69) is 4.98 Å². The minimum Gasteiger partial charge on any atom is -0.497 e. The lowest BCUT2D eigenvalue weighted by Gasteiger charge is -2.19. The van der Waals surface area contributed by atoms with E-state index in [1.54, 1.807) is 36.4 Å². The molecule has 0 fully saturated rings. The van der Waals surface area contributed by atoms with Gasteiger partial charge in [-0.15, -0.1) is 0 Å². The summed E-state index contributed by atoms with van der Waals surface area (Å²) in [5.41, 5.74) is 0.315. The second kappa shape index (κ2) is 8.24. The molecule has 0 N–H and O–H groups in total. The molecule has 2 aromatic carbocycles. The molecule has 3 rings (SSSR count). The van der Waals surface area contributed by atoms with Crippen LogP contribution >= 0.6 is 0 Å². The van der Waals surface area contributed by atoms with Crippen LogP contribution in [-0.2, 0) is 16.0 Å². The number of sulfone groups is 1. The van der Waals surface area contributed by atoms with E-state index in [9.17, 15) is 21.6 Å². The molecule has 0 saturated carbocycles. The Morgan fingerprint density at radius 3 is 2.00 bits per heavy atom. The molecule has 1 aromatic heterocycles. The Morgan fingerprint density at radius 2 is 1.52 bits per heavy atom. The number of nitrogens with zero attached hydrogens (tertiary/aromatic N) is 1. The summed E-state index contributed by atoms with van der Waals surface area (Å²) >= 11 is 0. The number of aromatic nitrogens is 1. The van der Waals surface area contributed by atoms with Crippen molar-refractivity contribution in [1.29, 1.82) is 0 Å². The molecule has 0 aliphatic carbocycles. The predicted octanol–water partition coefficient (Wildman–Crippen LogP) is 4.71. The van der Waals surface area contributed by atoms with Gasteiger partial charge in [-0.1, -0.05) is 30.3 Å². The number of methoxy groups -OCH3 is 1. The molecule has 8 heteroatoms. The van der Waals surface area contributed by atoms with Crippen LogP contribution in [0.1, 0.15) is 22.6 Å². The van der Waals surface area contributed by atoms with Crippen LogP contribution in [0.15, 0.2) is 78.0 Å². The molecular formula is C21H18F3NO3S. The maximum atomic E-state index is 12.9. The van der Waals surface area contributed by atoms with E-state index >= 15 is 0 Å². The summed E-state index contributed by atoms with van der Waals surface area (Å²) in [5.74, 6) is -0.412. The van der Waals surface area contributed by atoms with E-state index in [0.29, 0.717) is 16.9 Å². The first-order valence-corrected chi connectivity index (χ1v) is 10.3. The number of pyridine rings is 1. The van der Waals surface area contributed by atoms with Crippen LogP contribution in [0.4, 0.5) is 13.2 Å². The molecule has 0 aliphatic rings. The van der Waals surface area contributed by atoms with Gasteiger partial charge in [0, 0.05) is 12.1 Å². The lowest BCUT2D eigenvalue weighted by Crippen LogP contribution is -2.17. The summed E-state index contributed by atoms with van der Waals surface area (Å²) in [6.45, 7) is 0. The molecule has 152 valence electrons. The van der Waals surface area contributed by atoms with Gasteiger partial charge in [0.25, 0.3) is 0 Å². The molecule has 0 bridgehead atoms. The van der Waals surface area contributed by atoms with Gasteiger partial charge in [0.1, 0.15) is 5.75 Å². The number of hydrogen-bond donors (Lipinski definition) is 0. The van der Waals surface area contributed by atoms with Crippen LogP contribution in [-0.4, -0.2) is 26.3 Å². The van der Waals surface area contributed by atoms with Crippen LogP contribution < -0.4 is 4.74 Å². The fourth-order valence-corrected chi connectivity index (χ4v) is 4.46. The molecule has 29 heavy (non-hydrogen) atoms. The third kappa shape index (κ3) is 4.95. The summed E-state index contributed by atoms with van der Waals surface area (Å²) in [5, 5.41) is -0.0783. The quantitative estimate of drug-likeness (QED) is 0.578. The molecule has 0 spiro atoms. The van der Waals surface area contributed by atoms with Crippen molar-refractivity contribution in [3.05, 3.63) is 89.6 Å². The summed E-state index contributed by atoms with van der Waals surface area (Å²) in [4.78, 5) is 3.91. The second-order valence-corrected chi connectivity index (χ2v) is 8.38. The average Bonchev–Trinajstić information content (AvgIpc) is 2.72. The highest BCUT2D eigenvalue weighted by Gasteiger charge is 2.31. The van der Waals surface area contributed by atoms with E-state index in [4.69, 9.17) is 4.74 Å². The Balaban J connectivity index is 2.02. The monoisotopic (exact) mass is 421 g/mol. The Morgan fingerprint density at radius 1 is 0.931 bits per heavy atom. The molecule has 0 saturated heterocycles. The van der Waals surface area contributed by atoms with Crippen LogP contribution in [0.25, 0.3) is 0 Å². The van der Waals surface area contributed by atoms with Gasteiger partial charge in [0.05, 0.1) is 18.4 Å². The topological polar surface area (TPSA) is 56.3 Å². The number of rotatable bonds is 6. The van der Waals surface area contributed by atoms with E-state index in [1.165, 1.54) is 31.5 Å². The van der Waals surface area contributed by atoms with Crippen molar-refractivity contribution in [2.24, 2.45) is 0 Å². The molecule has 0 radical (unpaired) electrons. The standard InChI is InChI=1S/C21H18F3NO3S/c1-28-18-11-7-16(8-12-18)19(14-29(26,27)20-4-2-3-13-25-20)15-5-9-17(10-6-15)21(22,23)24/h2-13,19H,14H2,1H3. The van der Waals surface area contributed by atoms with E-state index in [0.717, 1.165) is 12.1 Å². The van der Waals surface area contributed by atoms with Crippen molar-refractivity contribution in [3.8, 4) is 5.75 Å². The Hall–Kier alpha value is -2.87. The Bertz CT molecular complexity index is 1050. The molecule has 4 nitrogen and oxygen atoms in total. The zero-order valence-corrected chi connectivity index (χ0v) is 16.2. The number of benzene rings is 2. The molecular weight excluding hydrogens is 403 g/mol. The Labute approximate surface area is 166 Å². The van der Waals surface area contributed by atoms with Crippen LogP contribution in [0, 0.1) is 0 Å². The lowest BCUT2D eigenvalue weighted by atomic mass is 9.92. The van der Waals surface area contributed by atoms with Gasteiger partial charge < -0.3 is 4.74 Å². The molecule has 1 atom stereocenters. The third-order valence-corrected chi connectivity index (χ3v) is 6.15. The highest BCUT2D eigenvalue weighted by molar-refractivity contribution is 7.91. The van der Waals surface area contributed by atoms with Gasteiger partial charge in [-0.05, 0) is 47.5 Å². The van der Waals surface area contributed by atoms with Gasteiger partial charge in [0.2, 0.25) is 0 Å². The summed E-state index contributed by atoms with van der Waals surface area (Å²) in [7, 11) is -2.27. The van der Waals surface area contributed by atoms with Gasteiger partial charge in [-0.3, -0.25) is 0 Å². The smallest absolute Gasteiger partial charge is 0.416 e. The van der Waals surface area contributed by atoms with Gasteiger partial charge in [0.15, 0.2) is 14.9 Å². The molecule has 1 unspecified atom stereocenters. The zero-order chi connectivity index (χ0) is 21.1. The number of halogens is 3. The van der Waals surface area contributed by atoms with Crippen molar-refractivity contribution in [2.75, 3.05) is 12.9 Å². The van der Waals surface area contributed by atoms with Crippen LogP contribution in [0.2, 0.25) is 0 Å². The molecule has 3 aromatic rings.